The summed E-state index contributed by atoms with van der Waals surface area (Å²) in [5.41, 5.74) is 1.41. The number of aryl methyl sites for hydroxylation is 1. The van der Waals surface area contributed by atoms with Gasteiger partial charge in [0.25, 0.3) is 0 Å². The summed E-state index contributed by atoms with van der Waals surface area (Å²) >= 11 is 0. The average molecular weight is 272 g/mol. The number of phenolic OH excluding ortho intramolecular Hbond substituents is 1. The molecule has 0 aliphatic carbocycles. The molecule has 3 nitrogen and oxygen atoms in total. The van der Waals surface area contributed by atoms with Crippen molar-refractivity contribution in [2.24, 2.45) is 0 Å². The first-order valence-corrected chi connectivity index (χ1v) is 6.52. The molecule has 1 aromatic carbocycles. The molecule has 0 aliphatic rings. The zero-order valence-electron chi connectivity index (χ0n) is 12.3. The summed E-state index contributed by atoms with van der Waals surface area (Å²) in [6, 6.07) is 3.06. The number of carboxylic acid groups (broad SMARTS) is 1. The maximum absolute atomic E-state index is 11.0. The van der Waals surface area contributed by atoms with Gasteiger partial charge in [-0.15, -0.1) is 0 Å². The molecule has 19 heavy (non-hydrogen) atoms. The van der Waals surface area contributed by atoms with Crippen molar-refractivity contribution in [3.05, 3.63) is 28.8 Å². The third-order valence-electron chi connectivity index (χ3n) is 3.37. The van der Waals surface area contributed by atoms with E-state index in [1.54, 1.807) is 13.0 Å². The molecule has 0 aliphatic heterocycles. The van der Waals surface area contributed by atoms with Crippen molar-refractivity contribution in [2.45, 2.75) is 52.4 Å². The Morgan fingerprint density at radius 1 is 1.37 bits per heavy atom. The average Bonchev–Trinajstić information content (AvgIpc) is 2.28. The Hall–Kier alpha value is -0.510. The Labute approximate surface area is 137 Å². The summed E-state index contributed by atoms with van der Waals surface area (Å²) in [5.74, 6) is -0.841. The van der Waals surface area contributed by atoms with Crippen LogP contribution in [-0.2, 0) is 0 Å². The van der Waals surface area contributed by atoms with Gasteiger partial charge in [0.05, 0.1) is 5.97 Å². The standard InChI is InChI=1S/C15H22O3.Na/c1-4-5-6-7-10(2)12-9-13(15(17)18)11(3)8-14(12)16;/h8-10,16H,4-7H2,1-3H3,(H,17,18);/q;+1/p-1. The van der Waals surface area contributed by atoms with Gasteiger partial charge in [0.1, 0.15) is 5.75 Å². The molecule has 0 fully saturated rings. The van der Waals surface area contributed by atoms with Gasteiger partial charge in [0.2, 0.25) is 0 Å². The van der Waals surface area contributed by atoms with E-state index in [-0.39, 0.29) is 46.8 Å². The van der Waals surface area contributed by atoms with Gasteiger partial charge in [-0.1, -0.05) is 33.1 Å². The zero-order chi connectivity index (χ0) is 13.7. The first-order chi connectivity index (χ1) is 8.47. The predicted molar refractivity (Wildman–Crippen MR) is 69.7 cm³/mol. The van der Waals surface area contributed by atoms with Gasteiger partial charge in [0, 0.05) is 5.56 Å². The van der Waals surface area contributed by atoms with Crippen LogP contribution in [0.15, 0.2) is 12.1 Å². The van der Waals surface area contributed by atoms with E-state index in [9.17, 15) is 15.0 Å². The molecular weight excluding hydrogens is 251 g/mol. The van der Waals surface area contributed by atoms with E-state index in [1.165, 1.54) is 6.07 Å². The first kappa shape index (κ1) is 18.5. The molecule has 0 heterocycles. The van der Waals surface area contributed by atoms with Crippen molar-refractivity contribution in [1.82, 2.24) is 0 Å². The van der Waals surface area contributed by atoms with Crippen LogP contribution < -0.4 is 34.7 Å². The van der Waals surface area contributed by atoms with Gasteiger partial charge >= 0.3 is 29.6 Å². The number of aromatic hydroxyl groups is 1. The van der Waals surface area contributed by atoms with Crippen LogP contribution in [0.3, 0.4) is 0 Å². The van der Waals surface area contributed by atoms with Crippen molar-refractivity contribution in [1.29, 1.82) is 0 Å². The molecule has 0 saturated carbocycles. The minimum atomic E-state index is -1.19. The van der Waals surface area contributed by atoms with Crippen molar-refractivity contribution < 1.29 is 44.6 Å². The summed E-state index contributed by atoms with van der Waals surface area (Å²) < 4.78 is 0. The van der Waals surface area contributed by atoms with Crippen LogP contribution in [0.4, 0.5) is 0 Å². The van der Waals surface area contributed by atoms with Crippen molar-refractivity contribution >= 4 is 5.97 Å². The van der Waals surface area contributed by atoms with Crippen molar-refractivity contribution in [2.75, 3.05) is 0 Å². The second-order valence-electron chi connectivity index (χ2n) is 4.91. The van der Waals surface area contributed by atoms with Gasteiger partial charge < -0.3 is 15.0 Å². The van der Waals surface area contributed by atoms with E-state index in [4.69, 9.17) is 0 Å². The van der Waals surface area contributed by atoms with E-state index in [0.29, 0.717) is 11.1 Å². The topological polar surface area (TPSA) is 60.4 Å². The molecule has 100 valence electrons. The maximum atomic E-state index is 11.0. The molecular formula is C15H21NaO3. The third-order valence-corrected chi connectivity index (χ3v) is 3.37. The van der Waals surface area contributed by atoms with Crippen LogP contribution in [-0.4, -0.2) is 11.1 Å². The Bertz CT molecular complexity index is 430. The van der Waals surface area contributed by atoms with Crippen LogP contribution in [0.5, 0.6) is 5.75 Å². The summed E-state index contributed by atoms with van der Waals surface area (Å²) in [5, 5.41) is 20.9. The van der Waals surface area contributed by atoms with Crippen molar-refractivity contribution in [3.63, 3.8) is 0 Å². The van der Waals surface area contributed by atoms with Gasteiger partial charge in [-0.25, -0.2) is 0 Å². The van der Waals surface area contributed by atoms with Crippen LogP contribution in [0, 0.1) is 6.92 Å². The second kappa shape index (κ2) is 8.62. The fourth-order valence-corrected chi connectivity index (χ4v) is 2.18. The largest absolute Gasteiger partial charge is 1.00 e. The Morgan fingerprint density at radius 3 is 2.53 bits per heavy atom. The smallest absolute Gasteiger partial charge is 0.545 e. The van der Waals surface area contributed by atoms with E-state index in [0.717, 1.165) is 25.7 Å². The third kappa shape index (κ3) is 5.17. The summed E-state index contributed by atoms with van der Waals surface area (Å²) in [6.45, 7) is 5.82. The van der Waals surface area contributed by atoms with Crippen LogP contribution >= 0.6 is 0 Å². The normalized spacial score (nSPS) is 11.7. The molecule has 0 bridgehead atoms. The zero-order valence-corrected chi connectivity index (χ0v) is 14.3. The molecule has 1 N–H and O–H groups in total. The fraction of sp³-hybridized carbons (Fsp3) is 0.533. The number of aromatic carboxylic acids is 1. The number of phenols is 1. The Morgan fingerprint density at radius 2 is 2.00 bits per heavy atom. The summed E-state index contributed by atoms with van der Waals surface area (Å²) in [4.78, 5) is 11.0. The molecule has 0 radical (unpaired) electrons. The second-order valence-corrected chi connectivity index (χ2v) is 4.91. The van der Waals surface area contributed by atoms with Gasteiger partial charge in [-0.2, -0.15) is 0 Å². The molecule has 0 aromatic heterocycles. The number of hydrogen-bond acceptors (Lipinski definition) is 3. The molecule has 0 amide bonds. The molecule has 1 atom stereocenters. The minimum Gasteiger partial charge on any atom is -0.545 e. The van der Waals surface area contributed by atoms with E-state index in [2.05, 4.69) is 6.92 Å². The predicted octanol–water partition coefficient (Wildman–Crippen LogP) is -0.248. The summed E-state index contributed by atoms with van der Waals surface area (Å²) in [6.07, 6.45) is 4.35. The number of rotatable bonds is 6. The van der Waals surface area contributed by atoms with Gasteiger partial charge in [0.15, 0.2) is 0 Å². The molecule has 1 rings (SSSR count). The molecule has 0 spiro atoms. The van der Waals surface area contributed by atoms with Crippen LogP contribution in [0.1, 0.15) is 66.9 Å². The van der Waals surface area contributed by atoms with E-state index >= 15 is 0 Å². The van der Waals surface area contributed by atoms with Crippen molar-refractivity contribution in [3.8, 4) is 5.75 Å². The quantitative estimate of drug-likeness (QED) is 0.574. The number of carbonyl (C=O) groups is 1. The minimum absolute atomic E-state index is 0. The molecule has 0 saturated heterocycles. The number of hydrogen-bond donors (Lipinski definition) is 1. The molecule has 4 heteroatoms. The number of carboxylic acids is 1. The Balaban J connectivity index is 0.00000324. The maximum Gasteiger partial charge on any atom is 1.00 e. The van der Waals surface area contributed by atoms with Gasteiger partial charge in [-0.05, 0) is 42.5 Å². The van der Waals surface area contributed by atoms with E-state index in [1.807, 2.05) is 6.92 Å². The SMILES string of the molecule is CCCCCC(C)c1cc(C(=O)[O-])c(C)cc1O.[Na+]. The number of benzene rings is 1. The Kier molecular flexibility index (Phi) is 8.39. The van der Waals surface area contributed by atoms with E-state index < -0.39 is 5.97 Å². The van der Waals surface area contributed by atoms with Crippen LogP contribution in [0.25, 0.3) is 0 Å². The first-order valence-electron chi connectivity index (χ1n) is 6.52. The van der Waals surface area contributed by atoms with Crippen LogP contribution in [0.2, 0.25) is 0 Å². The molecule has 1 aromatic rings. The molecule has 1 unspecified atom stereocenters. The fourth-order valence-electron chi connectivity index (χ4n) is 2.18. The van der Waals surface area contributed by atoms with Gasteiger partial charge in [-0.3, -0.25) is 0 Å². The number of unbranched alkanes of at least 4 members (excludes halogenated alkanes) is 2. The monoisotopic (exact) mass is 272 g/mol. The number of carbonyl (C=O) groups excluding carboxylic acids is 1. The summed E-state index contributed by atoms with van der Waals surface area (Å²) in [7, 11) is 0.